The van der Waals surface area contributed by atoms with Gasteiger partial charge in [-0.05, 0) is 44.4 Å². The Balaban J connectivity index is 2.06. The predicted octanol–water partition coefficient (Wildman–Crippen LogP) is 4.14. The molecule has 0 aliphatic carbocycles. The van der Waals surface area contributed by atoms with Crippen LogP contribution in [0.2, 0.25) is 0 Å². The Kier molecular flexibility index (Phi) is 6.20. The van der Waals surface area contributed by atoms with Crippen LogP contribution in [0.1, 0.15) is 13.8 Å². The van der Waals surface area contributed by atoms with Crippen molar-refractivity contribution >= 4 is 11.8 Å². The number of aromatic nitrogens is 3. The van der Waals surface area contributed by atoms with Crippen LogP contribution < -0.4 is 9.47 Å². The fraction of sp³-hybridized carbons (Fsp3) is 0.250. The third-order valence-corrected chi connectivity index (χ3v) is 4.39. The van der Waals surface area contributed by atoms with Crippen LogP contribution in [0.5, 0.6) is 23.0 Å². The molecule has 1 heterocycles. The van der Waals surface area contributed by atoms with Crippen molar-refractivity contribution < 1.29 is 19.7 Å². The number of thioether (sulfide) groups is 1. The smallest absolute Gasteiger partial charge is 0.191 e. The first-order chi connectivity index (χ1) is 13.5. The van der Waals surface area contributed by atoms with Gasteiger partial charge in [-0.1, -0.05) is 11.8 Å². The van der Waals surface area contributed by atoms with E-state index < -0.39 is 0 Å². The first-order valence-electron chi connectivity index (χ1n) is 8.78. The maximum absolute atomic E-state index is 10.4. The molecule has 3 rings (SSSR count). The summed E-state index contributed by atoms with van der Waals surface area (Å²) in [5.74, 6) is 1.75. The highest BCUT2D eigenvalue weighted by Gasteiger charge is 2.16. The molecule has 0 bridgehead atoms. The van der Waals surface area contributed by atoms with Crippen LogP contribution in [0, 0.1) is 0 Å². The third-order valence-electron chi connectivity index (χ3n) is 3.84. The minimum Gasteiger partial charge on any atom is -0.507 e. The number of phenols is 2. The van der Waals surface area contributed by atoms with E-state index in [-0.39, 0.29) is 11.5 Å². The van der Waals surface area contributed by atoms with Gasteiger partial charge in [-0.3, -0.25) is 0 Å². The molecule has 0 aliphatic heterocycles. The van der Waals surface area contributed by atoms with Gasteiger partial charge in [0.05, 0.1) is 24.3 Å². The first kappa shape index (κ1) is 19.8. The quantitative estimate of drug-likeness (QED) is 0.572. The molecule has 28 heavy (non-hydrogen) atoms. The van der Waals surface area contributed by atoms with E-state index >= 15 is 0 Å². The molecule has 0 atom stereocenters. The van der Waals surface area contributed by atoms with Crippen LogP contribution in [0.4, 0.5) is 0 Å². The summed E-state index contributed by atoms with van der Waals surface area (Å²) in [7, 11) is 0. The van der Waals surface area contributed by atoms with E-state index in [0.29, 0.717) is 52.6 Å². The largest absolute Gasteiger partial charge is 0.507 e. The monoisotopic (exact) mass is 399 g/mol. The van der Waals surface area contributed by atoms with Crippen molar-refractivity contribution in [2.75, 3.05) is 19.5 Å². The zero-order chi connectivity index (χ0) is 20.1. The van der Waals surface area contributed by atoms with Crippen molar-refractivity contribution in [3.05, 3.63) is 36.4 Å². The molecule has 0 fully saturated rings. The van der Waals surface area contributed by atoms with Gasteiger partial charge in [-0.2, -0.15) is 0 Å². The summed E-state index contributed by atoms with van der Waals surface area (Å²) >= 11 is 1.35. The fourth-order valence-corrected chi connectivity index (χ4v) is 2.96. The molecule has 0 aliphatic rings. The first-order valence-corrected chi connectivity index (χ1v) is 10.0. The molecule has 0 saturated carbocycles. The Morgan fingerprint density at radius 3 is 1.61 bits per heavy atom. The second kappa shape index (κ2) is 8.79. The van der Waals surface area contributed by atoms with Gasteiger partial charge in [-0.15, -0.1) is 0 Å². The third kappa shape index (κ3) is 4.28. The van der Waals surface area contributed by atoms with Gasteiger partial charge in [0.15, 0.2) is 16.8 Å². The number of rotatable bonds is 7. The van der Waals surface area contributed by atoms with Crippen LogP contribution in [0.3, 0.4) is 0 Å². The molecule has 0 amide bonds. The van der Waals surface area contributed by atoms with E-state index in [0.717, 1.165) is 0 Å². The molecule has 146 valence electrons. The standard InChI is InChI=1S/C20H21N3O4S/c1-4-26-12-6-8-14(16(24)10-12)18-21-19(23-20(22-18)28-3)15-9-7-13(27-5-2)11-17(15)25/h6-11,24-25H,4-5H2,1-3H3. The molecule has 2 aromatic carbocycles. The molecule has 2 N–H and O–H groups in total. The predicted molar refractivity (Wildman–Crippen MR) is 108 cm³/mol. The number of hydrogen-bond donors (Lipinski definition) is 2. The maximum Gasteiger partial charge on any atom is 0.191 e. The molecule has 8 heteroatoms. The highest BCUT2D eigenvalue weighted by molar-refractivity contribution is 7.98. The lowest BCUT2D eigenvalue weighted by Gasteiger charge is -2.11. The van der Waals surface area contributed by atoms with Crippen molar-refractivity contribution in [3.8, 4) is 45.8 Å². The summed E-state index contributed by atoms with van der Waals surface area (Å²) in [6.45, 7) is 4.75. The van der Waals surface area contributed by atoms with Gasteiger partial charge in [0.1, 0.15) is 23.0 Å². The van der Waals surface area contributed by atoms with Crippen molar-refractivity contribution in [3.63, 3.8) is 0 Å². The normalized spacial score (nSPS) is 10.7. The zero-order valence-electron chi connectivity index (χ0n) is 15.8. The molecule has 1 aromatic heterocycles. The summed E-state index contributed by atoms with van der Waals surface area (Å²) in [4.78, 5) is 13.2. The van der Waals surface area contributed by atoms with Crippen LogP contribution in [0.15, 0.2) is 41.6 Å². The van der Waals surface area contributed by atoms with E-state index in [4.69, 9.17) is 9.47 Å². The lowest BCUT2D eigenvalue weighted by atomic mass is 10.1. The minimum atomic E-state index is 0.00562. The van der Waals surface area contributed by atoms with E-state index in [1.807, 2.05) is 20.1 Å². The number of hydrogen-bond acceptors (Lipinski definition) is 8. The highest BCUT2D eigenvalue weighted by atomic mass is 32.2. The molecule has 3 aromatic rings. The number of phenolic OH excluding ortho intramolecular Hbond substituents is 2. The van der Waals surface area contributed by atoms with Crippen molar-refractivity contribution in [2.45, 2.75) is 19.0 Å². The van der Waals surface area contributed by atoms with Gasteiger partial charge in [-0.25, -0.2) is 15.0 Å². The summed E-state index contributed by atoms with van der Waals surface area (Å²) in [6, 6.07) is 9.93. The average Bonchev–Trinajstić information content (AvgIpc) is 2.68. The SMILES string of the molecule is CCOc1ccc(-c2nc(SC)nc(-c3ccc(OCC)cc3O)n2)c(O)c1. The van der Waals surface area contributed by atoms with E-state index in [1.165, 1.54) is 23.9 Å². The van der Waals surface area contributed by atoms with Crippen LogP contribution >= 0.6 is 11.8 Å². The van der Waals surface area contributed by atoms with Gasteiger partial charge in [0.2, 0.25) is 0 Å². The molecule has 7 nitrogen and oxygen atoms in total. The Hall–Kier alpha value is -3.00. The van der Waals surface area contributed by atoms with Crippen LogP contribution in [-0.4, -0.2) is 44.6 Å². The number of aromatic hydroxyl groups is 2. The Morgan fingerprint density at radius 1 is 0.786 bits per heavy atom. The van der Waals surface area contributed by atoms with Crippen LogP contribution in [-0.2, 0) is 0 Å². The molecule has 0 radical (unpaired) electrons. The second-order valence-electron chi connectivity index (χ2n) is 5.69. The molecule has 0 saturated heterocycles. The molecular weight excluding hydrogens is 378 g/mol. The maximum atomic E-state index is 10.4. The van der Waals surface area contributed by atoms with Gasteiger partial charge in [0, 0.05) is 12.1 Å². The van der Waals surface area contributed by atoms with Crippen LogP contribution in [0.25, 0.3) is 22.8 Å². The number of ether oxygens (including phenoxy) is 2. The van der Waals surface area contributed by atoms with Crippen molar-refractivity contribution in [1.82, 2.24) is 15.0 Å². The second-order valence-corrected chi connectivity index (χ2v) is 6.47. The Labute approximate surface area is 167 Å². The Morgan fingerprint density at radius 2 is 1.25 bits per heavy atom. The Bertz CT molecular complexity index is 908. The number of nitrogens with zero attached hydrogens (tertiary/aromatic N) is 3. The molecule has 0 spiro atoms. The van der Waals surface area contributed by atoms with Gasteiger partial charge >= 0.3 is 0 Å². The summed E-state index contributed by atoms with van der Waals surface area (Å²) in [5, 5.41) is 21.3. The molecular formula is C20H21N3O4S. The van der Waals surface area contributed by atoms with E-state index in [1.54, 1.807) is 24.3 Å². The molecule has 0 unspecified atom stereocenters. The van der Waals surface area contributed by atoms with E-state index in [2.05, 4.69) is 15.0 Å². The van der Waals surface area contributed by atoms with Gasteiger partial charge in [0.25, 0.3) is 0 Å². The fourth-order valence-electron chi connectivity index (χ4n) is 2.60. The van der Waals surface area contributed by atoms with Crippen molar-refractivity contribution in [1.29, 1.82) is 0 Å². The number of benzene rings is 2. The van der Waals surface area contributed by atoms with Gasteiger partial charge < -0.3 is 19.7 Å². The minimum absolute atomic E-state index is 0.00562. The lowest BCUT2D eigenvalue weighted by Crippen LogP contribution is -2.00. The van der Waals surface area contributed by atoms with E-state index in [9.17, 15) is 10.2 Å². The van der Waals surface area contributed by atoms with Crippen molar-refractivity contribution in [2.24, 2.45) is 0 Å². The zero-order valence-corrected chi connectivity index (χ0v) is 16.7. The topological polar surface area (TPSA) is 97.6 Å². The summed E-state index contributed by atoms with van der Waals surface area (Å²) in [6.07, 6.45) is 1.85. The average molecular weight is 399 g/mol. The lowest BCUT2D eigenvalue weighted by molar-refractivity contribution is 0.337. The highest BCUT2D eigenvalue weighted by Crippen LogP contribution is 2.35. The summed E-state index contributed by atoms with van der Waals surface area (Å²) < 4.78 is 10.8. The summed E-state index contributed by atoms with van der Waals surface area (Å²) in [5.41, 5.74) is 0.903.